The van der Waals surface area contributed by atoms with Crippen molar-refractivity contribution in [2.45, 2.75) is 29.5 Å². The first-order valence-electron chi connectivity index (χ1n) is 12.2. The molecule has 3 aromatic rings. The molecule has 0 saturated carbocycles. The van der Waals surface area contributed by atoms with E-state index in [0.29, 0.717) is 56.3 Å². The van der Waals surface area contributed by atoms with Crippen molar-refractivity contribution >= 4 is 74.8 Å². The molecule has 0 spiro atoms. The number of carboxylic acid groups (broad SMARTS) is 1. The summed E-state index contributed by atoms with van der Waals surface area (Å²) in [6.45, 7) is 0. The molecule has 0 saturated heterocycles. The molecule has 1 atom stereocenters. The van der Waals surface area contributed by atoms with E-state index in [4.69, 9.17) is 34.0 Å². The molecule has 2 aliphatic rings. The number of hydrogen-bond donors (Lipinski definition) is 3. The van der Waals surface area contributed by atoms with E-state index >= 15 is 0 Å². The van der Waals surface area contributed by atoms with Crippen molar-refractivity contribution in [3.63, 3.8) is 0 Å². The maximum atomic E-state index is 13.3. The lowest BCUT2D eigenvalue weighted by atomic mass is 9.76. The van der Waals surface area contributed by atoms with Gasteiger partial charge in [-0.2, -0.15) is 5.26 Å². The minimum Gasteiger partial charge on any atom is -0.478 e. The molecule has 1 unspecified atom stereocenters. The second-order valence-electron chi connectivity index (χ2n) is 9.03. The number of nitrogens with two attached hydrogens (primary N) is 1. The number of nitriles is 1. The van der Waals surface area contributed by atoms with Crippen LogP contribution in [0.15, 0.2) is 69.5 Å². The van der Waals surface area contributed by atoms with Gasteiger partial charge in [-0.1, -0.05) is 64.5 Å². The van der Waals surface area contributed by atoms with Gasteiger partial charge in [0.1, 0.15) is 5.82 Å². The number of aromatic nitrogens is 2. The molecular weight excluding hydrogens is 607 g/mol. The number of nitrogens with zero attached hydrogens (tertiary/aromatic N) is 4. The Balaban J connectivity index is 1.41. The Bertz CT molecular complexity index is 1700. The van der Waals surface area contributed by atoms with Crippen LogP contribution >= 0.6 is 46.3 Å². The molecule has 2 heterocycles. The van der Waals surface area contributed by atoms with E-state index in [1.54, 1.807) is 35.2 Å². The average Bonchev–Trinajstić information content (AvgIpc) is 3.41. The van der Waals surface area contributed by atoms with Crippen molar-refractivity contribution in [1.29, 1.82) is 5.26 Å². The van der Waals surface area contributed by atoms with Crippen LogP contribution in [0, 0.1) is 11.3 Å². The number of thioether (sulfide) groups is 1. The number of carbonyl (C=O) groups is 3. The summed E-state index contributed by atoms with van der Waals surface area (Å²) in [5.74, 6) is -2.23. The SMILES string of the molecule is N#CC1=C(N)N(c2nnc(SCC(=O)Nc3cccc(C(=O)O)c3)s2)C2=C(C(=O)CCC2)C1c1cccc(Cl)c1Cl. The third-order valence-corrected chi connectivity index (χ3v) is 9.39. The van der Waals surface area contributed by atoms with Gasteiger partial charge in [0.2, 0.25) is 11.0 Å². The second-order valence-corrected chi connectivity index (χ2v) is 12.0. The summed E-state index contributed by atoms with van der Waals surface area (Å²) in [4.78, 5) is 38.6. The van der Waals surface area contributed by atoms with Gasteiger partial charge in [-0.05, 0) is 42.7 Å². The number of anilines is 2. The highest BCUT2D eigenvalue weighted by atomic mass is 35.5. The molecule has 14 heteroatoms. The van der Waals surface area contributed by atoms with Crippen LogP contribution in [-0.4, -0.2) is 38.7 Å². The fourth-order valence-electron chi connectivity index (χ4n) is 4.76. The molecule has 10 nitrogen and oxygen atoms in total. The van der Waals surface area contributed by atoms with Gasteiger partial charge in [0.15, 0.2) is 10.1 Å². The molecule has 208 valence electrons. The number of halogens is 2. The molecular formula is C27H20Cl2N6O4S2. The van der Waals surface area contributed by atoms with Gasteiger partial charge in [0.25, 0.3) is 0 Å². The third kappa shape index (κ3) is 5.67. The van der Waals surface area contributed by atoms with Crippen LogP contribution in [-0.2, 0) is 9.59 Å². The zero-order valence-electron chi connectivity index (χ0n) is 21.1. The molecule has 1 amide bonds. The van der Waals surface area contributed by atoms with E-state index in [2.05, 4.69) is 21.6 Å². The molecule has 4 N–H and O–H groups in total. The van der Waals surface area contributed by atoms with Crippen molar-refractivity contribution in [2.75, 3.05) is 16.0 Å². The largest absolute Gasteiger partial charge is 0.478 e. The molecule has 2 aromatic carbocycles. The van der Waals surface area contributed by atoms with E-state index in [0.717, 1.165) is 23.1 Å². The Kier molecular flexibility index (Phi) is 8.32. The van der Waals surface area contributed by atoms with Crippen LogP contribution in [0.25, 0.3) is 0 Å². The van der Waals surface area contributed by atoms with Crippen LogP contribution in [0.1, 0.15) is 41.1 Å². The summed E-state index contributed by atoms with van der Waals surface area (Å²) in [6, 6.07) is 13.2. The van der Waals surface area contributed by atoms with Crippen molar-refractivity contribution in [3.05, 3.63) is 86.3 Å². The van der Waals surface area contributed by atoms with Crippen LogP contribution in [0.5, 0.6) is 0 Å². The van der Waals surface area contributed by atoms with Crippen LogP contribution in [0.2, 0.25) is 10.0 Å². The van der Waals surface area contributed by atoms with Crippen LogP contribution in [0.4, 0.5) is 10.8 Å². The molecule has 1 aliphatic heterocycles. The van der Waals surface area contributed by atoms with E-state index in [9.17, 15) is 19.6 Å². The minimum absolute atomic E-state index is 0.0114. The monoisotopic (exact) mass is 626 g/mol. The minimum atomic E-state index is -1.10. The molecule has 1 aromatic heterocycles. The summed E-state index contributed by atoms with van der Waals surface area (Å²) >= 11 is 15.1. The highest BCUT2D eigenvalue weighted by Crippen LogP contribution is 2.49. The maximum Gasteiger partial charge on any atom is 0.335 e. The van der Waals surface area contributed by atoms with Gasteiger partial charge in [0.05, 0.1) is 38.9 Å². The number of nitrogens with one attached hydrogen (secondary N) is 1. The lowest BCUT2D eigenvalue weighted by molar-refractivity contribution is -0.116. The van der Waals surface area contributed by atoms with Crippen molar-refractivity contribution in [2.24, 2.45) is 5.73 Å². The van der Waals surface area contributed by atoms with E-state index < -0.39 is 11.9 Å². The molecule has 0 radical (unpaired) electrons. The van der Waals surface area contributed by atoms with Crippen molar-refractivity contribution < 1.29 is 19.5 Å². The molecule has 0 bridgehead atoms. The van der Waals surface area contributed by atoms with Gasteiger partial charge in [0, 0.05) is 23.4 Å². The molecule has 0 fully saturated rings. The van der Waals surface area contributed by atoms with Gasteiger partial charge < -0.3 is 16.2 Å². The number of hydrogen-bond acceptors (Lipinski definition) is 10. The Morgan fingerprint density at radius 1 is 1.22 bits per heavy atom. The highest BCUT2D eigenvalue weighted by molar-refractivity contribution is 8.01. The molecule has 5 rings (SSSR count). The topological polar surface area (TPSA) is 162 Å². The maximum absolute atomic E-state index is 13.3. The second kappa shape index (κ2) is 11.9. The van der Waals surface area contributed by atoms with Crippen LogP contribution in [0.3, 0.4) is 0 Å². The van der Waals surface area contributed by atoms with E-state index in [1.807, 2.05) is 0 Å². The number of benzene rings is 2. The number of rotatable bonds is 7. The summed E-state index contributed by atoms with van der Waals surface area (Å²) in [7, 11) is 0. The fourth-order valence-corrected chi connectivity index (χ4v) is 6.86. The zero-order chi connectivity index (χ0) is 29.3. The lowest BCUT2D eigenvalue weighted by Crippen LogP contribution is -2.38. The van der Waals surface area contributed by atoms with Crippen molar-refractivity contribution in [1.82, 2.24) is 10.2 Å². The third-order valence-electron chi connectivity index (χ3n) is 6.51. The Labute approximate surface area is 252 Å². The standard InChI is InChI=1S/C27H20Cl2N6O4S2/c28-17-7-2-6-15(23(17)29)21-16(11-30)24(31)35(18-8-3-9-19(36)22(18)21)26-33-34-27(41-26)40-12-20(37)32-14-5-1-4-13(10-14)25(38)39/h1-2,4-7,10,21H,3,8-9,12,31H2,(H,32,37)(H,38,39). The number of ketones is 1. The van der Waals surface area contributed by atoms with Gasteiger partial charge in [-0.25, -0.2) is 4.79 Å². The predicted molar refractivity (Wildman–Crippen MR) is 157 cm³/mol. The highest BCUT2D eigenvalue weighted by Gasteiger charge is 2.42. The summed E-state index contributed by atoms with van der Waals surface area (Å²) in [6.07, 6.45) is 1.44. The van der Waals surface area contributed by atoms with Crippen LogP contribution < -0.4 is 16.0 Å². The summed E-state index contributed by atoms with van der Waals surface area (Å²) < 4.78 is 0.463. The first-order chi connectivity index (χ1) is 19.7. The number of amides is 1. The summed E-state index contributed by atoms with van der Waals surface area (Å²) in [5.41, 5.74) is 8.72. The first kappa shape index (κ1) is 28.6. The van der Waals surface area contributed by atoms with E-state index in [1.165, 1.54) is 12.1 Å². The summed E-state index contributed by atoms with van der Waals surface area (Å²) in [5, 5.41) is 31.3. The van der Waals surface area contributed by atoms with Crippen molar-refractivity contribution in [3.8, 4) is 6.07 Å². The molecule has 41 heavy (non-hydrogen) atoms. The Hall–Kier alpha value is -3.89. The number of carbonyl (C=O) groups excluding carboxylic acids is 2. The lowest BCUT2D eigenvalue weighted by Gasteiger charge is -2.38. The Morgan fingerprint density at radius 3 is 2.76 bits per heavy atom. The average molecular weight is 628 g/mol. The number of aromatic carboxylic acids is 1. The smallest absolute Gasteiger partial charge is 0.335 e. The predicted octanol–water partition coefficient (Wildman–Crippen LogP) is 5.58. The number of carboxylic acids is 1. The number of Topliss-reactive ketones (excluding diaryl/α,β-unsaturated/α-hetero) is 1. The number of allylic oxidation sites excluding steroid dienone is 3. The molecule has 1 aliphatic carbocycles. The van der Waals surface area contributed by atoms with Gasteiger partial charge >= 0.3 is 5.97 Å². The van der Waals surface area contributed by atoms with E-state index in [-0.39, 0.29) is 39.4 Å². The van der Waals surface area contributed by atoms with Gasteiger partial charge in [-0.15, -0.1) is 10.2 Å². The fraction of sp³-hybridized carbons (Fsp3) is 0.185. The first-order valence-corrected chi connectivity index (χ1v) is 14.7. The quantitative estimate of drug-likeness (QED) is 0.282. The van der Waals surface area contributed by atoms with Gasteiger partial charge in [-0.3, -0.25) is 14.5 Å². The Morgan fingerprint density at radius 2 is 2.00 bits per heavy atom. The zero-order valence-corrected chi connectivity index (χ0v) is 24.2. The normalized spacial score (nSPS) is 16.9.